The number of carbonyl (C=O) groups excluding carboxylic acids is 3. The fourth-order valence-corrected chi connectivity index (χ4v) is 7.49. The number of hydrogen-bond acceptors (Lipinski definition) is 7. The molecule has 0 aliphatic heterocycles. The Kier molecular flexibility index (Phi) is 12.3. The average Bonchev–Trinajstić information content (AvgIpc) is 3.62. The van der Waals surface area contributed by atoms with Gasteiger partial charge >= 0.3 is 0 Å². The molecule has 0 aliphatic carbocycles. The molecule has 3 amide bonds. The van der Waals surface area contributed by atoms with Crippen molar-refractivity contribution in [3.8, 4) is 11.3 Å². The van der Waals surface area contributed by atoms with Crippen molar-refractivity contribution in [3.05, 3.63) is 165 Å². The zero-order valence-electron chi connectivity index (χ0n) is 28.5. The Balaban J connectivity index is 1.21. The van der Waals surface area contributed by atoms with E-state index in [1.807, 2.05) is 91.1 Å². The fourth-order valence-electron chi connectivity index (χ4n) is 5.18. The van der Waals surface area contributed by atoms with Crippen molar-refractivity contribution in [2.24, 2.45) is 0 Å². The highest BCUT2D eigenvalue weighted by atomic mass is 35.5. The van der Waals surface area contributed by atoms with Crippen LogP contribution >= 0.6 is 46.3 Å². The number of nitrogens with zero attached hydrogens (tertiary/aromatic N) is 2. The lowest BCUT2D eigenvalue weighted by Crippen LogP contribution is -2.30. The second-order valence-electron chi connectivity index (χ2n) is 11.9. The van der Waals surface area contributed by atoms with Gasteiger partial charge in [-0.3, -0.25) is 14.4 Å². The zero-order valence-corrected chi connectivity index (χ0v) is 31.7. The quantitative estimate of drug-likeness (QED) is 0.0845. The Labute approximate surface area is 325 Å². The van der Waals surface area contributed by atoms with E-state index in [0.29, 0.717) is 37.7 Å². The molecule has 0 bridgehead atoms. The van der Waals surface area contributed by atoms with Crippen LogP contribution in [0.25, 0.3) is 17.3 Å². The van der Waals surface area contributed by atoms with E-state index in [0.717, 1.165) is 21.7 Å². The molecule has 8 nitrogen and oxygen atoms in total. The minimum absolute atomic E-state index is 0.0683. The molecule has 12 heteroatoms. The summed E-state index contributed by atoms with van der Waals surface area (Å²) in [7, 11) is 3.89. The Morgan fingerprint density at radius 2 is 1.53 bits per heavy atom. The molecule has 1 heterocycles. The van der Waals surface area contributed by atoms with Crippen LogP contribution in [0, 0.1) is 0 Å². The molecule has 0 fully saturated rings. The van der Waals surface area contributed by atoms with Crippen molar-refractivity contribution in [2.75, 3.05) is 29.6 Å². The van der Waals surface area contributed by atoms with Crippen LogP contribution in [0.1, 0.15) is 26.7 Å². The minimum atomic E-state index is -0.653. The second kappa shape index (κ2) is 17.4. The second-order valence-corrected chi connectivity index (χ2v) is 14.8. The van der Waals surface area contributed by atoms with Crippen LogP contribution < -0.4 is 20.9 Å². The molecule has 6 rings (SSSR count). The Hall–Kier alpha value is -5.39. The van der Waals surface area contributed by atoms with E-state index in [9.17, 15) is 14.4 Å². The molecule has 5 aromatic carbocycles. The van der Waals surface area contributed by atoms with Crippen LogP contribution in [0.3, 0.4) is 0 Å². The highest BCUT2D eigenvalue weighted by Gasteiger charge is 2.24. The van der Waals surface area contributed by atoms with Crippen LogP contribution in [0.2, 0.25) is 10.0 Å². The number of nitrogens with one attached hydrogen (secondary N) is 3. The predicted molar refractivity (Wildman–Crippen MR) is 219 cm³/mol. The first-order chi connectivity index (χ1) is 25.6. The van der Waals surface area contributed by atoms with Crippen LogP contribution in [0.4, 0.5) is 16.5 Å². The van der Waals surface area contributed by atoms with Gasteiger partial charge in [-0.05, 0) is 77.9 Å². The first kappa shape index (κ1) is 37.4. The number of benzene rings is 5. The Morgan fingerprint density at radius 3 is 2.23 bits per heavy atom. The molecule has 1 aromatic heterocycles. The van der Waals surface area contributed by atoms with Crippen molar-refractivity contribution in [2.45, 2.75) is 10.1 Å². The average molecular weight is 779 g/mol. The summed E-state index contributed by atoms with van der Waals surface area (Å²) >= 11 is 15.1. The van der Waals surface area contributed by atoms with E-state index in [1.54, 1.807) is 66.7 Å². The van der Waals surface area contributed by atoms with E-state index in [1.165, 1.54) is 23.1 Å². The van der Waals surface area contributed by atoms with Gasteiger partial charge in [-0.1, -0.05) is 89.9 Å². The first-order valence-corrected chi connectivity index (χ1v) is 18.8. The van der Waals surface area contributed by atoms with Crippen molar-refractivity contribution in [3.63, 3.8) is 0 Å². The lowest BCUT2D eigenvalue weighted by atomic mass is 10.1. The molecule has 1 atom stereocenters. The summed E-state index contributed by atoms with van der Waals surface area (Å²) in [5.74, 6) is -1.19. The van der Waals surface area contributed by atoms with Crippen molar-refractivity contribution >= 4 is 86.6 Å². The summed E-state index contributed by atoms with van der Waals surface area (Å²) in [6, 6.07) is 38.1. The molecular formula is C41H33Cl2N5O3S2. The maximum Gasteiger partial charge on any atom is 0.272 e. The standard InChI is InChI=1S/C41H33Cl2N5O3S2/c1-48(2)31-19-16-26(17-20-31)22-35(45-38(49)28-12-7-4-8-13-28)39(50)44-30-14-9-15-32(24-30)53-37(27-10-5-3-6-11-27)40(51)47-41-46-36(25-52-41)33-21-18-29(42)23-34(33)43/h3-25,37H,1-2H3,(H,44,50)(H,45,49)(H,46,47,51)/b35-22+. The molecule has 3 N–H and O–H groups in total. The number of rotatable bonds is 12. The third-order valence-electron chi connectivity index (χ3n) is 7.88. The molecular weight excluding hydrogens is 746 g/mol. The highest BCUT2D eigenvalue weighted by Crippen LogP contribution is 2.38. The molecule has 0 spiro atoms. The number of anilines is 3. The van der Waals surface area contributed by atoms with Crippen LogP contribution in [0.5, 0.6) is 0 Å². The minimum Gasteiger partial charge on any atom is -0.378 e. The van der Waals surface area contributed by atoms with Gasteiger partial charge < -0.3 is 20.9 Å². The molecule has 1 unspecified atom stereocenters. The van der Waals surface area contributed by atoms with E-state index in [2.05, 4.69) is 20.9 Å². The van der Waals surface area contributed by atoms with E-state index < -0.39 is 17.1 Å². The number of halogens is 2. The first-order valence-electron chi connectivity index (χ1n) is 16.3. The fraction of sp³-hybridized carbons (Fsp3) is 0.0732. The van der Waals surface area contributed by atoms with E-state index >= 15 is 0 Å². The number of carbonyl (C=O) groups is 3. The van der Waals surface area contributed by atoms with Crippen LogP contribution in [-0.2, 0) is 9.59 Å². The number of thiazole rings is 1. The van der Waals surface area contributed by atoms with Gasteiger partial charge in [-0.2, -0.15) is 0 Å². The summed E-state index contributed by atoms with van der Waals surface area (Å²) < 4.78 is 0. The monoisotopic (exact) mass is 777 g/mol. The van der Waals surface area contributed by atoms with Gasteiger partial charge in [0, 0.05) is 51.9 Å². The summed E-state index contributed by atoms with van der Waals surface area (Å²) in [4.78, 5) is 48.1. The van der Waals surface area contributed by atoms with Gasteiger partial charge in [0.25, 0.3) is 11.8 Å². The SMILES string of the molecule is CN(C)c1ccc(/C=C(/NC(=O)c2ccccc2)C(=O)Nc2cccc(SC(C(=O)Nc3nc(-c4ccc(Cl)cc4Cl)cs3)c3ccccc3)c2)cc1. The topological polar surface area (TPSA) is 103 Å². The van der Waals surface area contributed by atoms with Gasteiger partial charge in [0.2, 0.25) is 5.91 Å². The Bertz CT molecular complexity index is 2260. The maximum absolute atomic E-state index is 13.8. The number of aromatic nitrogens is 1. The molecule has 0 saturated heterocycles. The molecule has 266 valence electrons. The normalized spacial score (nSPS) is 11.7. The van der Waals surface area contributed by atoms with Gasteiger partial charge in [-0.15, -0.1) is 23.1 Å². The largest absolute Gasteiger partial charge is 0.378 e. The Morgan fingerprint density at radius 1 is 0.811 bits per heavy atom. The van der Waals surface area contributed by atoms with Gasteiger partial charge in [0.15, 0.2) is 5.13 Å². The third-order valence-corrected chi connectivity index (χ3v) is 10.4. The smallest absolute Gasteiger partial charge is 0.272 e. The summed E-state index contributed by atoms with van der Waals surface area (Å²) in [5, 5.41) is 11.3. The molecule has 0 aliphatic rings. The third kappa shape index (κ3) is 9.94. The molecule has 6 aromatic rings. The number of thioether (sulfide) groups is 1. The number of hydrogen-bond donors (Lipinski definition) is 3. The number of amides is 3. The van der Waals surface area contributed by atoms with Crippen molar-refractivity contribution in [1.29, 1.82) is 0 Å². The lowest BCUT2D eigenvalue weighted by Gasteiger charge is -2.17. The van der Waals surface area contributed by atoms with E-state index in [4.69, 9.17) is 23.2 Å². The lowest BCUT2D eigenvalue weighted by molar-refractivity contribution is -0.116. The maximum atomic E-state index is 13.8. The van der Waals surface area contributed by atoms with Crippen molar-refractivity contribution in [1.82, 2.24) is 10.3 Å². The van der Waals surface area contributed by atoms with E-state index in [-0.39, 0.29) is 11.6 Å². The summed E-state index contributed by atoms with van der Waals surface area (Å²) in [5.41, 5.74) is 4.82. The van der Waals surface area contributed by atoms with Gasteiger partial charge in [0.05, 0.1) is 10.7 Å². The zero-order chi connectivity index (χ0) is 37.3. The van der Waals surface area contributed by atoms with Gasteiger partial charge in [0.1, 0.15) is 10.9 Å². The summed E-state index contributed by atoms with van der Waals surface area (Å²) in [6.07, 6.45) is 1.63. The molecule has 0 radical (unpaired) electrons. The molecule has 0 saturated carbocycles. The van der Waals surface area contributed by atoms with Crippen molar-refractivity contribution < 1.29 is 14.4 Å². The highest BCUT2D eigenvalue weighted by molar-refractivity contribution is 8.00. The molecule has 53 heavy (non-hydrogen) atoms. The van der Waals surface area contributed by atoms with Crippen LogP contribution in [0.15, 0.2) is 143 Å². The van der Waals surface area contributed by atoms with Crippen LogP contribution in [-0.4, -0.2) is 36.8 Å². The predicted octanol–water partition coefficient (Wildman–Crippen LogP) is 10.1. The van der Waals surface area contributed by atoms with Gasteiger partial charge in [-0.25, -0.2) is 4.98 Å². The summed E-state index contributed by atoms with van der Waals surface area (Å²) in [6.45, 7) is 0.